The van der Waals surface area contributed by atoms with Gasteiger partial charge in [-0.3, -0.25) is 9.78 Å². The van der Waals surface area contributed by atoms with Crippen LogP contribution in [-0.2, 0) is 11.2 Å². The van der Waals surface area contributed by atoms with Gasteiger partial charge in [0.25, 0.3) is 5.91 Å². The van der Waals surface area contributed by atoms with E-state index in [0.717, 1.165) is 5.69 Å². The lowest BCUT2D eigenvalue weighted by Crippen LogP contribution is -2.49. The van der Waals surface area contributed by atoms with Gasteiger partial charge in [0.2, 0.25) is 0 Å². The van der Waals surface area contributed by atoms with E-state index in [1.165, 1.54) is 9.80 Å². The molecule has 3 rings (SSSR count). The topological polar surface area (TPSA) is 62.7 Å². The maximum Gasteiger partial charge on any atom is 0.410 e. The van der Waals surface area contributed by atoms with Gasteiger partial charge in [-0.25, -0.2) is 9.18 Å². The lowest BCUT2D eigenvalue weighted by Gasteiger charge is -2.33. The van der Waals surface area contributed by atoms with Crippen molar-refractivity contribution in [3.05, 3.63) is 28.0 Å². The number of aromatic nitrogens is 1. The van der Waals surface area contributed by atoms with Crippen LogP contribution in [0.15, 0.2) is 16.7 Å². The Hall–Kier alpha value is -1.70. The zero-order valence-electron chi connectivity index (χ0n) is 14.5. The standard InChI is InChI=1S/C17H21BrFN3O3/c1-17(2,3)25-16(24)21-8-12(19)14(9-21)22-5-4-13-11(15(22)23)6-10(18)7-20-13/h6-7,12,14H,4-5,8-9H2,1-3H3/t12-,14+/m0/s1. The Balaban J connectivity index is 1.74. The predicted octanol–water partition coefficient (Wildman–Crippen LogP) is 2.80. The smallest absolute Gasteiger partial charge is 0.410 e. The molecule has 0 aromatic carbocycles. The number of carbonyl (C=O) groups excluding carboxylic acids is 2. The minimum absolute atomic E-state index is 0.0625. The van der Waals surface area contributed by atoms with Crippen molar-refractivity contribution in [2.45, 2.75) is 45.0 Å². The molecule has 2 amide bonds. The van der Waals surface area contributed by atoms with Crippen molar-refractivity contribution >= 4 is 27.9 Å². The summed E-state index contributed by atoms with van der Waals surface area (Å²) in [5, 5.41) is 0. The number of ether oxygens (including phenoxy) is 1. The van der Waals surface area contributed by atoms with Crippen LogP contribution < -0.4 is 0 Å². The van der Waals surface area contributed by atoms with Crippen molar-refractivity contribution in [3.63, 3.8) is 0 Å². The Morgan fingerprint density at radius 3 is 2.80 bits per heavy atom. The lowest BCUT2D eigenvalue weighted by atomic mass is 10.0. The number of fused-ring (bicyclic) bond motifs is 1. The van der Waals surface area contributed by atoms with Gasteiger partial charge >= 0.3 is 6.09 Å². The van der Waals surface area contributed by atoms with Crippen molar-refractivity contribution in [1.29, 1.82) is 0 Å². The van der Waals surface area contributed by atoms with Crippen LogP contribution in [0.2, 0.25) is 0 Å². The molecule has 1 aromatic rings. The lowest BCUT2D eigenvalue weighted by molar-refractivity contribution is 0.0272. The molecule has 0 spiro atoms. The SMILES string of the molecule is CC(C)(C)OC(=O)N1C[C@@H](N2CCc3ncc(Br)cc3C2=O)[C@@H](F)C1. The Bertz CT molecular complexity index is 707. The zero-order chi connectivity index (χ0) is 18.4. The summed E-state index contributed by atoms with van der Waals surface area (Å²) in [6.45, 7) is 5.77. The maximum atomic E-state index is 14.6. The van der Waals surface area contributed by atoms with Gasteiger partial charge in [0.1, 0.15) is 11.8 Å². The van der Waals surface area contributed by atoms with Crippen molar-refractivity contribution in [3.8, 4) is 0 Å². The van der Waals surface area contributed by atoms with Gasteiger partial charge in [-0.2, -0.15) is 0 Å². The van der Waals surface area contributed by atoms with Gasteiger partial charge in [-0.15, -0.1) is 0 Å². The van der Waals surface area contributed by atoms with Crippen LogP contribution in [0.1, 0.15) is 36.8 Å². The molecule has 1 saturated heterocycles. The Morgan fingerprint density at radius 1 is 1.40 bits per heavy atom. The summed E-state index contributed by atoms with van der Waals surface area (Å²) in [5.41, 5.74) is 0.573. The number of hydrogen-bond donors (Lipinski definition) is 0. The second-order valence-corrected chi connectivity index (χ2v) is 8.28. The van der Waals surface area contributed by atoms with Gasteiger partial charge in [0.15, 0.2) is 0 Å². The summed E-state index contributed by atoms with van der Waals surface area (Å²) >= 11 is 3.31. The average molecular weight is 414 g/mol. The molecule has 6 nitrogen and oxygen atoms in total. The molecule has 1 aromatic heterocycles. The number of carbonyl (C=O) groups is 2. The van der Waals surface area contributed by atoms with Crippen molar-refractivity contribution in [1.82, 2.24) is 14.8 Å². The molecule has 2 aliphatic rings. The van der Waals surface area contributed by atoms with Gasteiger partial charge < -0.3 is 14.5 Å². The molecule has 0 bridgehead atoms. The Labute approximate surface area is 154 Å². The summed E-state index contributed by atoms with van der Waals surface area (Å²) in [6, 6.07) is 1.05. The molecule has 1 fully saturated rings. The third kappa shape index (κ3) is 3.78. The molecule has 0 radical (unpaired) electrons. The number of nitrogens with zero attached hydrogens (tertiary/aromatic N) is 3. The molecule has 0 N–H and O–H groups in total. The number of hydrogen-bond acceptors (Lipinski definition) is 4. The van der Waals surface area contributed by atoms with E-state index in [4.69, 9.17) is 4.74 Å². The summed E-state index contributed by atoms with van der Waals surface area (Å²) in [4.78, 5) is 32.1. The van der Waals surface area contributed by atoms with Gasteiger partial charge in [0, 0.05) is 30.2 Å². The molecular formula is C17H21BrFN3O3. The highest BCUT2D eigenvalue weighted by Gasteiger charge is 2.43. The van der Waals surface area contributed by atoms with E-state index in [1.54, 1.807) is 33.0 Å². The highest BCUT2D eigenvalue weighted by molar-refractivity contribution is 9.10. The van der Waals surface area contributed by atoms with Crippen LogP contribution in [0.4, 0.5) is 9.18 Å². The Morgan fingerprint density at radius 2 is 2.12 bits per heavy atom. The molecule has 2 atom stereocenters. The molecule has 0 aliphatic carbocycles. The quantitative estimate of drug-likeness (QED) is 0.709. The monoisotopic (exact) mass is 413 g/mol. The van der Waals surface area contributed by atoms with Crippen molar-refractivity contribution in [2.75, 3.05) is 19.6 Å². The molecule has 0 unspecified atom stereocenters. The van der Waals surface area contributed by atoms with Crippen LogP contribution in [0.5, 0.6) is 0 Å². The number of amides is 2. The first-order valence-electron chi connectivity index (χ1n) is 8.23. The van der Waals surface area contributed by atoms with Gasteiger partial charge in [-0.1, -0.05) is 0 Å². The zero-order valence-corrected chi connectivity index (χ0v) is 16.0. The molecule has 2 aliphatic heterocycles. The van der Waals surface area contributed by atoms with E-state index in [-0.39, 0.29) is 19.0 Å². The van der Waals surface area contributed by atoms with E-state index in [0.29, 0.717) is 23.0 Å². The second kappa shape index (κ2) is 6.55. The number of likely N-dealkylation sites (tertiary alicyclic amines) is 1. The van der Waals surface area contributed by atoms with E-state index in [2.05, 4.69) is 20.9 Å². The van der Waals surface area contributed by atoms with E-state index < -0.39 is 23.9 Å². The van der Waals surface area contributed by atoms with Gasteiger partial charge in [-0.05, 0) is 42.8 Å². The first kappa shape index (κ1) is 18.1. The molecule has 0 saturated carbocycles. The average Bonchev–Trinajstić information content (AvgIpc) is 2.89. The highest BCUT2D eigenvalue weighted by atomic mass is 79.9. The fraction of sp³-hybridized carbons (Fsp3) is 0.588. The summed E-state index contributed by atoms with van der Waals surface area (Å²) in [7, 11) is 0. The summed E-state index contributed by atoms with van der Waals surface area (Å²) in [5.74, 6) is -0.242. The summed E-state index contributed by atoms with van der Waals surface area (Å²) in [6.07, 6.45) is 0.383. The van der Waals surface area contributed by atoms with E-state index in [9.17, 15) is 14.0 Å². The maximum absolute atomic E-state index is 14.6. The van der Waals surface area contributed by atoms with Crippen LogP contribution in [-0.4, -0.2) is 64.2 Å². The first-order chi connectivity index (χ1) is 11.7. The summed E-state index contributed by atoms with van der Waals surface area (Å²) < 4.78 is 20.6. The number of rotatable bonds is 1. The van der Waals surface area contributed by atoms with Crippen molar-refractivity contribution < 1.29 is 18.7 Å². The van der Waals surface area contributed by atoms with Crippen LogP contribution in [0, 0.1) is 0 Å². The van der Waals surface area contributed by atoms with Crippen molar-refractivity contribution in [2.24, 2.45) is 0 Å². The minimum Gasteiger partial charge on any atom is -0.444 e. The largest absolute Gasteiger partial charge is 0.444 e. The number of halogens is 2. The molecule has 136 valence electrons. The predicted molar refractivity (Wildman–Crippen MR) is 93.2 cm³/mol. The van der Waals surface area contributed by atoms with E-state index in [1.807, 2.05) is 0 Å². The molecular weight excluding hydrogens is 393 g/mol. The molecule has 3 heterocycles. The third-order valence-electron chi connectivity index (χ3n) is 4.29. The first-order valence-corrected chi connectivity index (χ1v) is 9.02. The third-order valence-corrected chi connectivity index (χ3v) is 4.72. The van der Waals surface area contributed by atoms with E-state index >= 15 is 0 Å². The second-order valence-electron chi connectivity index (χ2n) is 7.37. The molecule has 25 heavy (non-hydrogen) atoms. The number of alkyl halides is 1. The van der Waals surface area contributed by atoms with Gasteiger partial charge in [0.05, 0.1) is 23.8 Å². The normalized spacial score (nSPS) is 23.6. The van der Waals surface area contributed by atoms with Crippen LogP contribution in [0.3, 0.4) is 0 Å². The van der Waals surface area contributed by atoms with Crippen LogP contribution in [0.25, 0.3) is 0 Å². The molecule has 8 heteroatoms. The van der Waals surface area contributed by atoms with Crippen LogP contribution >= 0.6 is 15.9 Å². The highest BCUT2D eigenvalue weighted by Crippen LogP contribution is 2.27. The fourth-order valence-electron chi connectivity index (χ4n) is 3.17. The fourth-order valence-corrected chi connectivity index (χ4v) is 3.50. The number of pyridine rings is 1. The minimum atomic E-state index is -1.29. The Kier molecular flexibility index (Phi) is 4.74.